The number of hydrogen-bond donors (Lipinski definition) is 1. The van der Waals surface area contributed by atoms with Crippen molar-refractivity contribution in [3.63, 3.8) is 0 Å². The lowest BCUT2D eigenvalue weighted by Crippen LogP contribution is -2.37. The molecule has 88 valence electrons. The third-order valence-corrected chi connectivity index (χ3v) is 2.82. The highest BCUT2D eigenvalue weighted by Gasteiger charge is 2.18. The predicted molar refractivity (Wildman–Crippen MR) is 61.2 cm³/mol. The van der Waals surface area contributed by atoms with Crippen LogP contribution in [0.4, 0.5) is 0 Å². The van der Waals surface area contributed by atoms with Gasteiger partial charge in [-0.25, -0.2) is 9.97 Å². The summed E-state index contributed by atoms with van der Waals surface area (Å²) in [5.74, 6) is 0.579. The molecule has 0 aliphatic rings. The van der Waals surface area contributed by atoms with E-state index < -0.39 is 7.37 Å². The van der Waals surface area contributed by atoms with E-state index in [1.807, 2.05) is 0 Å². The summed E-state index contributed by atoms with van der Waals surface area (Å²) in [5.41, 5.74) is 0.769. The smallest absolute Gasteiger partial charge is 0.263 e. The highest BCUT2D eigenvalue weighted by atomic mass is 31.2. The summed E-state index contributed by atoms with van der Waals surface area (Å²) in [6.07, 6.45) is 6.51. The van der Waals surface area contributed by atoms with Crippen LogP contribution in [-0.4, -0.2) is 26.6 Å². The summed E-state index contributed by atoms with van der Waals surface area (Å²) in [5, 5.41) is 4.04. The Morgan fingerprint density at radius 1 is 1.41 bits per heavy atom. The molecule has 2 rings (SSSR count). The zero-order valence-electron chi connectivity index (χ0n) is 9.26. The van der Waals surface area contributed by atoms with Crippen molar-refractivity contribution in [2.75, 3.05) is 6.66 Å². The molecular weight excluding hydrogens is 239 g/mol. The molecule has 0 bridgehead atoms. The van der Waals surface area contributed by atoms with Gasteiger partial charge in [0.15, 0.2) is 12.0 Å². The molecule has 0 aliphatic carbocycles. The molecule has 0 fully saturated rings. The van der Waals surface area contributed by atoms with Crippen LogP contribution in [-0.2, 0) is 10.9 Å². The van der Waals surface area contributed by atoms with Gasteiger partial charge in [-0.05, 0) is 11.2 Å². The van der Waals surface area contributed by atoms with E-state index in [9.17, 15) is 9.46 Å². The Bertz CT molecular complexity index is 538. The average molecular weight is 251 g/mol. The summed E-state index contributed by atoms with van der Waals surface area (Å²) in [7, 11) is -3.11. The van der Waals surface area contributed by atoms with E-state index in [1.54, 1.807) is 36.9 Å². The molecule has 7 heteroatoms. The highest BCUT2D eigenvalue weighted by Crippen LogP contribution is 2.34. The second-order valence-corrected chi connectivity index (χ2v) is 6.10. The van der Waals surface area contributed by atoms with E-state index in [1.165, 1.54) is 11.3 Å². The first-order valence-electron chi connectivity index (χ1n) is 4.97. The molecule has 1 atom stereocenters. The Labute approximate surface area is 98.4 Å². The largest absolute Gasteiger partial charge is 0.340 e. The molecule has 0 spiro atoms. The number of hydrogen-bond acceptors (Lipinski definition) is 4. The fraction of sp³-hybridized carbons (Fsp3) is 0.200. The summed E-state index contributed by atoms with van der Waals surface area (Å²) in [6.45, 7) is 1.30. The van der Waals surface area contributed by atoms with Gasteiger partial charge in [-0.3, -0.25) is 4.57 Å². The molecule has 2 aromatic heterocycles. The Kier molecular flexibility index (Phi) is 3.26. The van der Waals surface area contributed by atoms with Crippen LogP contribution in [0.3, 0.4) is 0 Å². The van der Waals surface area contributed by atoms with Crippen LogP contribution in [0.25, 0.3) is 11.4 Å². The van der Waals surface area contributed by atoms with Crippen LogP contribution in [0.1, 0.15) is 0 Å². The molecule has 0 amide bonds. The maximum atomic E-state index is 11.2. The molecule has 6 nitrogen and oxygen atoms in total. The van der Waals surface area contributed by atoms with Gasteiger partial charge in [0.25, 0.3) is 7.37 Å². The van der Waals surface area contributed by atoms with Crippen molar-refractivity contribution in [3.05, 3.63) is 36.9 Å². The third kappa shape index (κ3) is 3.41. The summed E-state index contributed by atoms with van der Waals surface area (Å²) >= 11 is 0. The van der Waals surface area contributed by atoms with Gasteiger partial charge >= 0.3 is 0 Å². The van der Waals surface area contributed by atoms with Crippen LogP contribution >= 0.6 is 7.37 Å². The molecule has 1 N–H and O–H groups in total. The Hall–Kier alpha value is -1.65. The van der Waals surface area contributed by atoms with Crippen molar-refractivity contribution in [2.45, 2.75) is 6.29 Å². The van der Waals surface area contributed by atoms with Gasteiger partial charge in [0.05, 0.1) is 0 Å². The molecule has 2 aromatic rings. The number of aromatic nitrogens is 4. The highest BCUT2D eigenvalue weighted by molar-refractivity contribution is 7.55. The standard InChI is InChI=1S/C10H11N4O2P/c1-17(15,16)8-14-6-3-9(7-13-14)10-11-4-2-5-12-10/h2-7H,8H2,1H3/p+1. The molecule has 0 aliphatic heterocycles. The van der Waals surface area contributed by atoms with Gasteiger partial charge < -0.3 is 4.89 Å². The van der Waals surface area contributed by atoms with Gasteiger partial charge in [0, 0.05) is 30.7 Å². The summed E-state index contributed by atoms with van der Waals surface area (Å²) < 4.78 is 12.6. The van der Waals surface area contributed by atoms with Gasteiger partial charge in [0.1, 0.15) is 6.20 Å². The zero-order chi connectivity index (χ0) is 12.3. The fourth-order valence-corrected chi connectivity index (χ4v) is 2.02. The predicted octanol–water partition coefficient (Wildman–Crippen LogP) is 0.684. The minimum atomic E-state index is -3.11. The molecular formula is C10H12N4O2P+. The average Bonchev–Trinajstić information content (AvgIpc) is 2.29. The normalized spacial score (nSPS) is 14.2. The van der Waals surface area contributed by atoms with Crippen LogP contribution < -0.4 is 4.68 Å². The maximum absolute atomic E-state index is 11.2. The Balaban J connectivity index is 2.22. The quantitative estimate of drug-likeness (QED) is 0.641. The molecule has 0 saturated heterocycles. The van der Waals surface area contributed by atoms with E-state index in [0.29, 0.717) is 5.82 Å². The van der Waals surface area contributed by atoms with Crippen LogP contribution in [0.5, 0.6) is 0 Å². The Morgan fingerprint density at radius 3 is 2.65 bits per heavy atom. The van der Waals surface area contributed by atoms with Crippen LogP contribution in [0.15, 0.2) is 36.9 Å². The number of rotatable bonds is 3. The zero-order valence-corrected chi connectivity index (χ0v) is 10.2. The van der Waals surface area contributed by atoms with Crippen molar-refractivity contribution in [3.8, 4) is 11.4 Å². The lowest BCUT2D eigenvalue weighted by molar-refractivity contribution is -0.737. The van der Waals surface area contributed by atoms with Crippen molar-refractivity contribution < 1.29 is 14.1 Å². The second kappa shape index (κ2) is 4.69. The van der Waals surface area contributed by atoms with Gasteiger partial charge in [-0.2, -0.15) is 0 Å². The van der Waals surface area contributed by atoms with Crippen molar-refractivity contribution in [2.24, 2.45) is 0 Å². The topological polar surface area (TPSA) is 79.9 Å². The van der Waals surface area contributed by atoms with E-state index in [0.717, 1.165) is 5.56 Å². The lowest BCUT2D eigenvalue weighted by Gasteiger charge is -1.99. The van der Waals surface area contributed by atoms with Gasteiger partial charge in [-0.15, -0.1) is 0 Å². The second-order valence-electron chi connectivity index (χ2n) is 3.72. The first-order valence-corrected chi connectivity index (χ1v) is 7.26. The molecule has 17 heavy (non-hydrogen) atoms. The third-order valence-electron chi connectivity index (χ3n) is 2.00. The van der Waals surface area contributed by atoms with E-state index in [-0.39, 0.29) is 6.29 Å². The van der Waals surface area contributed by atoms with Crippen molar-refractivity contribution in [1.82, 2.24) is 15.1 Å². The maximum Gasteiger partial charge on any atom is 0.263 e. The van der Waals surface area contributed by atoms with Crippen LogP contribution in [0, 0.1) is 0 Å². The Morgan fingerprint density at radius 2 is 2.12 bits per heavy atom. The monoisotopic (exact) mass is 251 g/mol. The molecule has 2 heterocycles. The van der Waals surface area contributed by atoms with E-state index in [4.69, 9.17) is 0 Å². The van der Waals surface area contributed by atoms with E-state index >= 15 is 0 Å². The minimum absolute atomic E-state index is 0.00290. The first kappa shape index (κ1) is 11.8. The van der Waals surface area contributed by atoms with Crippen molar-refractivity contribution in [1.29, 1.82) is 0 Å². The molecule has 0 radical (unpaired) electrons. The lowest BCUT2D eigenvalue weighted by atomic mass is 10.3. The summed E-state index contributed by atoms with van der Waals surface area (Å²) in [4.78, 5) is 17.4. The van der Waals surface area contributed by atoms with Crippen molar-refractivity contribution >= 4 is 7.37 Å². The molecule has 0 saturated carbocycles. The first-order chi connectivity index (χ1) is 8.04. The molecule has 0 aromatic carbocycles. The number of nitrogens with zero attached hydrogens (tertiary/aromatic N) is 4. The summed E-state index contributed by atoms with van der Waals surface area (Å²) in [6, 6.07) is 3.50. The van der Waals surface area contributed by atoms with Gasteiger partial charge in [0.2, 0.25) is 6.29 Å². The fourth-order valence-electron chi connectivity index (χ4n) is 1.32. The van der Waals surface area contributed by atoms with Crippen LogP contribution in [0.2, 0.25) is 0 Å². The van der Waals surface area contributed by atoms with Gasteiger partial charge in [-0.1, -0.05) is 4.68 Å². The van der Waals surface area contributed by atoms with E-state index in [2.05, 4.69) is 15.1 Å². The SMILES string of the molecule is CP(=O)(O)C[n+]1ccc(-c2ncccn2)cn1. The minimum Gasteiger partial charge on any atom is -0.340 e. The molecule has 1 unspecified atom stereocenters.